The molecule has 0 fully saturated rings. The predicted molar refractivity (Wildman–Crippen MR) is 53.9 cm³/mol. The molecule has 0 saturated carbocycles. The van der Waals surface area contributed by atoms with Gasteiger partial charge in [-0.3, -0.25) is 4.79 Å². The number of aryl methyl sites for hydroxylation is 1. The summed E-state index contributed by atoms with van der Waals surface area (Å²) in [4.78, 5) is 10.9. The normalized spacial score (nSPS) is 9.43. The van der Waals surface area contributed by atoms with Gasteiger partial charge in [0.15, 0.2) is 0 Å². The smallest absolute Gasteiger partial charge is 0.250 e. The highest BCUT2D eigenvalue weighted by Crippen LogP contribution is 2.21. The van der Waals surface area contributed by atoms with Gasteiger partial charge in [0.05, 0.1) is 16.7 Å². The highest BCUT2D eigenvalue weighted by molar-refractivity contribution is 6.34. The average molecular weight is 209 g/mol. The molecule has 14 heavy (non-hydrogen) atoms. The molecule has 72 valence electrons. The van der Waals surface area contributed by atoms with Crippen molar-refractivity contribution in [3.8, 4) is 6.07 Å². The van der Waals surface area contributed by atoms with Crippen LogP contribution in [0.5, 0.6) is 0 Å². The minimum absolute atomic E-state index is 0.308. The lowest BCUT2D eigenvalue weighted by molar-refractivity contribution is 0.100. The van der Waals surface area contributed by atoms with Crippen molar-refractivity contribution in [2.24, 2.45) is 5.73 Å². The maximum atomic E-state index is 10.9. The Labute approximate surface area is 87.1 Å². The number of nitrogens with two attached hydrogens (primary N) is 1. The van der Waals surface area contributed by atoms with Gasteiger partial charge in [-0.2, -0.15) is 5.26 Å². The molecule has 0 aromatic heterocycles. The number of nitrogens with zero attached hydrogens (tertiary/aromatic N) is 1. The predicted octanol–water partition coefficient (Wildman–Crippen LogP) is 1.90. The largest absolute Gasteiger partial charge is 0.366 e. The molecule has 0 unspecified atom stereocenters. The summed E-state index contributed by atoms with van der Waals surface area (Å²) in [6, 6.07) is 7.08. The third kappa shape index (κ3) is 2.24. The maximum absolute atomic E-state index is 10.9. The van der Waals surface area contributed by atoms with E-state index in [2.05, 4.69) is 0 Å². The van der Waals surface area contributed by atoms with Crippen molar-refractivity contribution < 1.29 is 4.79 Å². The summed E-state index contributed by atoms with van der Waals surface area (Å²) in [6.45, 7) is 0. The van der Waals surface area contributed by atoms with Crippen molar-refractivity contribution in [3.63, 3.8) is 0 Å². The number of amides is 1. The molecule has 3 nitrogen and oxygen atoms in total. The molecule has 1 aromatic carbocycles. The molecular weight excluding hydrogens is 200 g/mol. The first kappa shape index (κ1) is 10.6. The molecule has 0 aliphatic carbocycles. The molecule has 0 saturated heterocycles. The average Bonchev–Trinajstić information content (AvgIpc) is 2.16. The highest BCUT2D eigenvalue weighted by atomic mass is 35.5. The number of benzene rings is 1. The second kappa shape index (κ2) is 4.64. The summed E-state index contributed by atoms with van der Waals surface area (Å²) in [5.41, 5.74) is 6.21. The molecule has 4 heteroatoms. The minimum Gasteiger partial charge on any atom is -0.366 e. The lowest BCUT2D eigenvalue weighted by atomic mass is 10.1. The van der Waals surface area contributed by atoms with Crippen LogP contribution in [-0.4, -0.2) is 5.91 Å². The summed E-state index contributed by atoms with van der Waals surface area (Å²) < 4.78 is 0. The van der Waals surface area contributed by atoms with E-state index in [0.29, 0.717) is 23.4 Å². The van der Waals surface area contributed by atoms with Gasteiger partial charge < -0.3 is 5.73 Å². The second-order valence-electron chi connectivity index (χ2n) is 2.80. The summed E-state index contributed by atoms with van der Waals surface area (Å²) in [5.74, 6) is -0.547. The molecule has 0 atom stereocenters. The number of hydrogen-bond donors (Lipinski definition) is 1. The van der Waals surface area contributed by atoms with E-state index in [1.165, 1.54) is 0 Å². The zero-order valence-electron chi connectivity index (χ0n) is 7.46. The zero-order valence-corrected chi connectivity index (χ0v) is 8.21. The zero-order chi connectivity index (χ0) is 10.6. The van der Waals surface area contributed by atoms with Gasteiger partial charge >= 0.3 is 0 Å². The quantitative estimate of drug-likeness (QED) is 0.825. The molecule has 0 aliphatic heterocycles. The SMILES string of the molecule is N#CCCc1cccc(C(N)=O)c1Cl. The van der Waals surface area contributed by atoms with E-state index in [0.717, 1.165) is 5.56 Å². The van der Waals surface area contributed by atoms with Crippen LogP contribution in [0.4, 0.5) is 0 Å². The topological polar surface area (TPSA) is 66.9 Å². The first-order valence-corrected chi connectivity index (χ1v) is 4.48. The van der Waals surface area contributed by atoms with Crippen LogP contribution in [0, 0.1) is 11.3 Å². The van der Waals surface area contributed by atoms with E-state index in [9.17, 15) is 4.79 Å². The van der Waals surface area contributed by atoms with Crippen molar-refractivity contribution in [1.82, 2.24) is 0 Å². The van der Waals surface area contributed by atoms with Crippen LogP contribution in [-0.2, 0) is 6.42 Å². The van der Waals surface area contributed by atoms with Gasteiger partial charge in [0.1, 0.15) is 0 Å². The van der Waals surface area contributed by atoms with Gasteiger partial charge in [0.2, 0.25) is 5.91 Å². The fraction of sp³-hybridized carbons (Fsp3) is 0.200. The fourth-order valence-electron chi connectivity index (χ4n) is 1.15. The van der Waals surface area contributed by atoms with Crippen LogP contribution < -0.4 is 5.73 Å². The Morgan fingerprint density at radius 3 is 2.86 bits per heavy atom. The highest BCUT2D eigenvalue weighted by Gasteiger charge is 2.09. The van der Waals surface area contributed by atoms with Crippen LogP contribution in [0.25, 0.3) is 0 Å². The molecule has 0 spiro atoms. The Kier molecular flexibility index (Phi) is 3.49. The minimum atomic E-state index is -0.547. The molecule has 0 aliphatic rings. The van der Waals surface area contributed by atoms with Crippen LogP contribution in [0.1, 0.15) is 22.3 Å². The van der Waals surface area contributed by atoms with Crippen molar-refractivity contribution in [1.29, 1.82) is 5.26 Å². The van der Waals surface area contributed by atoms with Crippen LogP contribution >= 0.6 is 11.6 Å². The van der Waals surface area contributed by atoms with Gasteiger partial charge in [-0.15, -0.1) is 0 Å². The Morgan fingerprint density at radius 1 is 1.57 bits per heavy atom. The standard InChI is InChI=1S/C10H9ClN2O/c11-9-7(4-2-6-12)3-1-5-8(9)10(13)14/h1,3,5H,2,4H2,(H2,13,14). The van der Waals surface area contributed by atoms with Gasteiger partial charge in [0.25, 0.3) is 0 Å². The molecular formula is C10H9ClN2O. The molecule has 0 bridgehead atoms. The fourth-order valence-corrected chi connectivity index (χ4v) is 1.47. The second-order valence-corrected chi connectivity index (χ2v) is 3.18. The van der Waals surface area contributed by atoms with Crippen LogP contribution in [0.15, 0.2) is 18.2 Å². The van der Waals surface area contributed by atoms with E-state index < -0.39 is 5.91 Å². The molecule has 1 aromatic rings. The Morgan fingerprint density at radius 2 is 2.29 bits per heavy atom. The van der Waals surface area contributed by atoms with E-state index >= 15 is 0 Å². The van der Waals surface area contributed by atoms with Crippen molar-refractivity contribution in [2.45, 2.75) is 12.8 Å². The van der Waals surface area contributed by atoms with E-state index in [1.807, 2.05) is 6.07 Å². The molecule has 1 amide bonds. The number of primary amides is 1. The van der Waals surface area contributed by atoms with Gasteiger partial charge in [-0.1, -0.05) is 23.7 Å². The summed E-state index contributed by atoms with van der Waals surface area (Å²) in [6.07, 6.45) is 0.915. The first-order chi connectivity index (χ1) is 6.66. The number of nitriles is 1. The number of halogens is 1. The number of rotatable bonds is 3. The van der Waals surface area contributed by atoms with E-state index in [-0.39, 0.29) is 0 Å². The molecule has 0 heterocycles. The van der Waals surface area contributed by atoms with Crippen LogP contribution in [0.3, 0.4) is 0 Å². The van der Waals surface area contributed by atoms with E-state index in [4.69, 9.17) is 22.6 Å². The van der Waals surface area contributed by atoms with Gasteiger partial charge in [-0.25, -0.2) is 0 Å². The number of carbonyl (C=O) groups is 1. The summed E-state index contributed by atoms with van der Waals surface area (Å²) >= 11 is 5.93. The summed E-state index contributed by atoms with van der Waals surface area (Å²) in [5, 5.41) is 8.77. The Bertz CT molecular complexity index is 396. The molecule has 2 N–H and O–H groups in total. The maximum Gasteiger partial charge on any atom is 0.250 e. The van der Waals surface area contributed by atoms with Crippen molar-refractivity contribution in [3.05, 3.63) is 34.3 Å². The van der Waals surface area contributed by atoms with Crippen LogP contribution in [0.2, 0.25) is 5.02 Å². The third-order valence-electron chi connectivity index (χ3n) is 1.85. The first-order valence-electron chi connectivity index (χ1n) is 4.11. The van der Waals surface area contributed by atoms with Crippen molar-refractivity contribution in [2.75, 3.05) is 0 Å². The summed E-state index contributed by atoms with van der Waals surface area (Å²) in [7, 11) is 0. The lowest BCUT2D eigenvalue weighted by Gasteiger charge is -2.04. The Hall–Kier alpha value is -1.53. The molecule has 0 radical (unpaired) electrons. The Balaban J connectivity index is 3.02. The lowest BCUT2D eigenvalue weighted by Crippen LogP contribution is -2.12. The number of carbonyl (C=O) groups excluding carboxylic acids is 1. The third-order valence-corrected chi connectivity index (χ3v) is 2.30. The van der Waals surface area contributed by atoms with Gasteiger partial charge in [0, 0.05) is 6.42 Å². The van der Waals surface area contributed by atoms with Gasteiger partial charge in [-0.05, 0) is 18.1 Å². The number of hydrogen-bond acceptors (Lipinski definition) is 2. The van der Waals surface area contributed by atoms with E-state index in [1.54, 1.807) is 18.2 Å². The monoisotopic (exact) mass is 208 g/mol. The molecule has 1 rings (SSSR count). The van der Waals surface area contributed by atoms with Crippen molar-refractivity contribution >= 4 is 17.5 Å².